The minimum atomic E-state index is -0.473. The zero-order valence-electron chi connectivity index (χ0n) is 9.01. The first-order valence-electron chi connectivity index (χ1n) is 5.02. The molecule has 5 nitrogen and oxygen atoms in total. The summed E-state index contributed by atoms with van der Waals surface area (Å²) >= 11 is 0. The van der Waals surface area contributed by atoms with Crippen molar-refractivity contribution < 1.29 is 14.5 Å². The minimum Gasteiger partial charge on any atom is -0.465 e. The molecule has 0 aliphatic heterocycles. The van der Waals surface area contributed by atoms with Gasteiger partial charge in [0.25, 0.3) is 5.69 Å². The largest absolute Gasteiger partial charge is 0.465 e. The van der Waals surface area contributed by atoms with Crippen LogP contribution in [0.5, 0.6) is 0 Å². The van der Waals surface area contributed by atoms with Gasteiger partial charge in [-0.05, 0) is 12.0 Å². The highest BCUT2D eigenvalue weighted by Gasteiger charge is 2.07. The average molecular weight is 223 g/mol. The summed E-state index contributed by atoms with van der Waals surface area (Å²) in [6.07, 6.45) is 0.935. The van der Waals surface area contributed by atoms with Crippen LogP contribution in [-0.4, -0.2) is 17.5 Å². The Hall–Kier alpha value is -1.91. The van der Waals surface area contributed by atoms with Gasteiger partial charge in [0.05, 0.1) is 18.0 Å². The molecular formula is C11H13NO4. The highest BCUT2D eigenvalue weighted by molar-refractivity contribution is 5.72. The van der Waals surface area contributed by atoms with E-state index in [9.17, 15) is 14.9 Å². The van der Waals surface area contributed by atoms with Gasteiger partial charge in [0.2, 0.25) is 0 Å². The van der Waals surface area contributed by atoms with E-state index in [2.05, 4.69) is 0 Å². The third kappa shape index (κ3) is 3.68. The first-order chi connectivity index (χ1) is 7.63. The van der Waals surface area contributed by atoms with Crippen molar-refractivity contribution in [2.45, 2.75) is 19.8 Å². The summed E-state index contributed by atoms with van der Waals surface area (Å²) in [7, 11) is 0. The predicted octanol–water partition coefficient (Wildman–Crippen LogP) is 2.09. The number of nitrogens with zero attached hydrogens (tertiary/aromatic N) is 1. The molecule has 1 rings (SSSR count). The van der Waals surface area contributed by atoms with E-state index in [1.165, 1.54) is 12.1 Å². The Bertz CT molecular complexity index is 372. The number of benzene rings is 1. The van der Waals surface area contributed by atoms with Crippen LogP contribution in [0.2, 0.25) is 0 Å². The van der Waals surface area contributed by atoms with Gasteiger partial charge in [0.1, 0.15) is 0 Å². The summed E-state index contributed by atoms with van der Waals surface area (Å²) in [6.45, 7) is 2.32. The van der Waals surface area contributed by atoms with Gasteiger partial charge in [-0.2, -0.15) is 0 Å². The van der Waals surface area contributed by atoms with Crippen molar-refractivity contribution in [3.05, 3.63) is 39.9 Å². The number of nitro benzene ring substituents is 1. The molecule has 0 heterocycles. The minimum absolute atomic E-state index is 0.0191. The normalized spacial score (nSPS) is 9.81. The summed E-state index contributed by atoms with van der Waals surface area (Å²) < 4.78 is 4.90. The molecule has 0 amide bonds. The van der Waals surface area contributed by atoms with Crippen LogP contribution in [0.4, 0.5) is 5.69 Å². The molecule has 0 spiro atoms. The second-order valence-electron chi connectivity index (χ2n) is 3.32. The predicted molar refractivity (Wildman–Crippen MR) is 58.1 cm³/mol. The Kier molecular flexibility index (Phi) is 4.44. The lowest BCUT2D eigenvalue weighted by atomic mass is 10.1. The molecule has 0 saturated heterocycles. The van der Waals surface area contributed by atoms with Crippen LogP contribution in [-0.2, 0) is 16.0 Å². The Balaban J connectivity index is 2.55. The van der Waals surface area contributed by atoms with Gasteiger partial charge in [-0.25, -0.2) is 0 Å². The lowest BCUT2D eigenvalue weighted by molar-refractivity contribution is -0.384. The molecule has 0 saturated carbocycles. The molecule has 0 aromatic heterocycles. The number of ether oxygens (including phenoxy) is 1. The smallest absolute Gasteiger partial charge is 0.310 e. The Morgan fingerprint density at radius 3 is 2.50 bits per heavy atom. The van der Waals surface area contributed by atoms with Crippen molar-refractivity contribution in [3.8, 4) is 0 Å². The summed E-state index contributed by atoms with van der Waals surface area (Å²) in [5.41, 5.74) is 0.734. The SMILES string of the molecule is CCCOC(=O)Cc1ccc([N+](=O)[O-])cc1. The van der Waals surface area contributed by atoms with Crippen LogP contribution in [0.1, 0.15) is 18.9 Å². The summed E-state index contributed by atoms with van der Waals surface area (Å²) in [5, 5.41) is 10.4. The van der Waals surface area contributed by atoms with Gasteiger partial charge in [-0.1, -0.05) is 19.1 Å². The number of esters is 1. The Morgan fingerprint density at radius 2 is 2.00 bits per heavy atom. The maximum atomic E-state index is 11.2. The fourth-order valence-electron chi connectivity index (χ4n) is 1.17. The lowest BCUT2D eigenvalue weighted by Gasteiger charge is -2.02. The van der Waals surface area contributed by atoms with Crippen molar-refractivity contribution in [1.82, 2.24) is 0 Å². The van der Waals surface area contributed by atoms with E-state index in [1.54, 1.807) is 12.1 Å². The third-order valence-electron chi connectivity index (χ3n) is 1.96. The zero-order valence-corrected chi connectivity index (χ0v) is 9.01. The van der Waals surface area contributed by atoms with Crippen LogP contribution < -0.4 is 0 Å². The molecule has 5 heteroatoms. The molecule has 86 valence electrons. The number of nitro groups is 1. The van der Waals surface area contributed by atoms with Crippen molar-refractivity contribution in [2.75, 3.05) is 6.61 Å². The van der Waals surface area contributed by atoms with Crippen molar-refractivity contribution in [1.29, 1.82) is 0 Å². The first kappa shape index (κ1) is 12.2. The van der Waals surface area contributed by atoms with Gasteiger partial charge in [-0.3, -0.25) is 14.9 Å². The van der Waals surface area contributed by atoms with E-state index in [-0.39, 0.29) is 18.1 Å². The van der Waals surface area contributed by atoms with Crippen LogP contribution >= 0.6 is 0 Å². The van der Waals surface area contributed by atoms with E-state index in [0.29, 0.717) is 12.2 Å². The zero-order chi connectivity index (χ0) is 12.0. The molecule has 0 bridgehead atoms. The van der Waals surface area contributed by atoms with Crippen LogP contribution in [0, 0.1) is 10.1 Å². The molecule has 0 atom stereocenters. The molecule has 1 aromatic carbocycles. The number of carbonyl (C=O) groups excluding carboxylic acids is 1. The van der Waals surface area contributed by atoms with Gasteiger partial charge in [-0.15, -0.1) is 0 Å². The number of carbonyl (C=O) groups is 1. The molecule has 0 aliphatic rings. The van der Waals surface area contributed by atoms with Gasteiger partial charge >= 0.3 is 5.97 Å². The molecule has 0 N–H and O–H groups in total. The van der Waals surface area contributed by atoms with E-state index >= 15 is 0 Å². The molecule has 0 fully saturated rings. The van der Waals surface area contributed by atoms with Crippen LogP contribution in [0.15, 0.2) is 24.3 Å². The molecule has 0 aliphatic carbocycles. The maximum absolute atomic E-state index is 11.2. The third-order valence-corrected chi connectivity index (χ3v) is 1.96. The van der Waals surface area contributed by atoms with E-state index < -0.39 is 4.92 Å². The summed E-state index contributed by atoms with van der Waals surface area (Å²) in [4.78, 5) is 21.2. The fraction of sp³-hybridized carbons (Fsp3) is 0.364. The first-order valence-corrected chi connectivity index (χ1v) is 5.02. The standard InChI is InChI=1S/C11H13NO4/c1-2-7-16-11(13)8-9-3-5-10(6-4-9)12(14)15/h3-6H,2,7-8H2,1H3. The molecule has 0 radical (unpaired) electrons. The van der Waals surface area contributed by atoms with Crippen LogP contribution in [0.25, 0.3) is 0 Å². The second-order valence-corrected chi connectivity index (χ2v) is 3.32. The quantitative estimate of drug-likeness (QED) is 0.435. The van der Waals surface area contributed by atoms with E-state index in [4.69, 9.17) is 4.74 Å². The topological polar surface area (TPSA) is 69.4 Å². The van der Waals surface area contributed by atoms with Gasteiger partial charge < -0.3 is 4.74 Å². The highest BCUT2D eigenvalue weighted by Crippen LogP contribution is 2.12. The average Bonchev–Trinajstić information content (AvgIpc) is 2.27. The number of non-ortho nitro benzene ring substituents is 1. The van der Waals surface area contributed by atoms with Crippen molar-refractivity contribution >= 4 is 11.7 Å². The summed E-state index contributed by atoms with van der Waals surface area (Å²) in [5.74, 6) is -0.310. The maximum Gasteiger partial charge on any atom is 0.310 e. The summed E-state index contributed by atoms with van der Waals surface area (Å²) in [6, 6.07) is 5.88. The Morgan fingerprint density at radius 1 is 1.38 bits per heavy atom. The van der Waals surface area contributed by atoms with E-state index in [1.807, 2.05) is 6.92 Å². The lowest BCUT2D eigenvalue weighted by Crippen LogP contribution is -2.08. The van der Waals surface area contributed by atoms with Crippen molar-refractivity contribution in [2.24, 2.45) is 0 Å². The van der Waals surface area contributed by atoms with Gasteiger partial charge in [0.15, 0.2) is 0 Å². The second kappa shape index (κ2) is 5.85. The monoisotopic (exact) mass is 223 g/mol. The number of rotatable bonds is 5. The molecule has 16 heavy (non-hydrogen) atoms. The molecule has 1 aromatic rings. The van der Waals surface area contributed by atoms with Gasteiger partial charge in [0, 0.05) is 12.1 Å². The van der Waals surface area contributed by atoms with Crippen molar-refractivity contribution in [3.63, 3.8) is 0 Å². The molecular weight excluding hydrogens is 210 g/mol. The fourth-order valence-corrected chi connectivity index (χ4v) is 1.17. The number of hydrogen-bond donors (Lipinski definition) is 0. The van der Waals surface area contributed by atoms with Crippen LogP contribution in [0.3, 0.4) is 0 Å². The number of hydrogen-bond acceptors (Lipinski definition) is 4. The Labute approximate surface area is 93.2 Å². The van der Waals surface area contributed by atoms with E-state index in [0.717, 1.165) is 6.42 Å². The molecule has 0 unspecified atom stereocenters. The highest BCUT2D eigenvalue weighted by atomic mass is 16.6.